The van der Waals surface area contributed by atoms with Crippen LogP contribution in [0.4, 0.5) is 24.5 Å². The first-order chi connectivity index (χ1) is 10.3. The van der Waals surface area contributed by atoms with Crippen molar-refractivity contribution in [3.8, 4) is 5.75 Å². The number of alkyl halides is 3. The van der Waals surface area contributed by atoms with E-state index in [1.807, 2.05) is 0 Å². The summed E-state index contributed by atoms with van der Waals surface area (Å²) in [5.74, 6) is -0.297. The maximum atomic E-state index is 12.0. The van der Waals surface area contributed by atoms with Crippen molar-refractivity contribution in [3.63, 3.8) is 0 Å². The van der Waals surface area contributed by atoms with Gasteiger partial charge < -0.3 is 15.4 Å². The molecule has 0 heterocycles. The van der Waals surface area contributed by atoms with Gasteiger partial charge >= 0.3 is 6.36 Å². The van der Waals surface area contributed by atoms with Crippen molar-refractivity contribution in [2.45, 2.75) is 6.36 Å². The molecule has 2 aromatic carbocycles. The van der Waals surface area contributed by atoms with Gasteiger partial charge in [-0.15, -0.1) is 13.2 Å². The van der Waals surface area contributed by atoms with Gasteiger partial charge in [-0.1, -0.05) is 11.6 Å². The molecule has 2 rings (SSSR count). The highest BCUT2D eigenvalue weighted by Crippen LogP contribution is 2.24. The summed E-state index contributed by atoms with van der Waals surface area (Å²) >= 11 is 10.9. The first-order valence-corrected chi connectivity index (χ1v) is 6.80. The van der Waals surface area contributed by atoms with Crippen molar-refractivity contribution < 1.29 is 17.9 Å². The van der Waals surface area contributed by atoms with Crippen LogP contribution in [0.25, 0.3) is 0 Å². The van der Waals surface area contributed by atoms with Crippen LogP contribution in [0, 0.1) is 0 Å². The van der Waals surface area contributed by atoms with E-state index < -0.39 is 6.36 Å². The number of hydrogen-bond acceptors (Lipinski definition) is 2. The standard InChI is InChI=1S/C14H10ClF3N2OS/c15-9-1-3-10(4-2-9)19-13(22)20-11-5-7-12(8-6-11)21-14(16,17)18/h1-8H,(H2,19,20,22). The third-order valence-corrected chi connectivity index (χ3v) is 2.90. The zero-order chi connectivity index (χ0) is 16.2. The van der Waals surface area contributed by atoms with Crippen LogP contribution in [0.1, 0.15) is 0 Å². The summed E-state index contributed by atoms with van der Waals surface area (Å²) in [7, 11) is 0. The molecule has 8 heteroatoms. The van der Waals surface area contributed by atoms with Gasteiger partial charge in [0.15, 0.2) is 5.11 Å². The van der Waals surface area contributed by atoms with E-state index >= 15 is 0 Å². The highest BCUT2D eigenvalue weighted by atomic mass is 35.5. The highest BCUT2D eigenvalue weighted by Gasteiger charge is 2.30. The Labute approximate surface area is 135 Å². The summed E-state index contributed by atoms with van der Waals surface area (Å²) in [6.07, 6.45) is -4.71. The number of rotatable bonds is 3. The molecule has 0 saturated carbocycles. The Balaban J connectivity index is 1.93. The molecule has 2 aromatic rings. The monoisotopic (exact) mass is 346 g/mol. The normalized spacial score (nSPS) is 10.9. The Morgan fingerprint density at radius 3 is 1.82 bits per heavy atom. The number of nitrogens with one attached hydrogen (secondary N) is 2. The van der Waals surface area contributed by atoms with Crippen molar-refractivity contribution >= 4 is 40.3 Å². The van der Waals surface area contributed by atoms with Gasteiger partial charge in [0.2, 0.25) is 0 Å². The van der Waals surface area contributed by atoms with Gasteiger partial charge in [0.05, 0.1) is 0 Å². The fourth-order valence-corrected chi connectivity index (χ4v) is 1.93. The number of ether oxygens (including phenoxy) is 1. The molecule has 0 aromatic heterocycles. The molecule has 22 heavy (non-hydrogen) atoms. The van der Waals surface area contributed by atoms with Crippen molar-refractivity contribution in [2.75, 3.05) is 10.6 Å². The highest BCUT2D eigenvalue weighted by molar-refractivity contribution is 7.80. The second-order valence-corrected chi connectivity index (χ2v) is 5.00. The molecule has 0 bridgehead atoms. The molecule has 2 N–H and O–H groups in total. The molecule has 0 aliphatic heterocycles. The smallest absolute Gasteiger partial charge is 0.406 e. The number of benzene rings is 2. The van der Waals surface area contributed by atoms with E-state index in [0.29, 0.717) is 15.8 Å². The van der Waals surface area contributed by atoms with Crippen molar-refractivity contribution in [2.24, 2.45) is 0 Å². The molecule has 3 nitrogen and oxygen atoms in total. The Kier molecular flexibility index (Phi) is 5.10. The molecule has 0 radical (unpaired) electrons. The summed E-state index contributed by atoms with van der Waals surface area (Å²) < 4.78 is 39.9. The van der Waals surface area contributed by atoms with Gasteiger partial charge in [0.25, 0.3) is 0 Å². The average Bonchev–Trinajstić information content (AvgIpc) is 2.42. The Morgan fingerprint density at radius 1 is 0.909 bits per heavy atom. The summed E-state index contributed by atoms with van der Waals surface area (Å²) in [5.41, 5.74) is 1.26. The van der Waals surface area contributed by atoms with Crippen LogP contribution in [0.3, 0.4) is 0 Å². The number of hydrogen-bond donors (Lipinski definition) is 2. The van der Waals surface area contributed by atoms with Crippen LogP contribution >= 0.6 is 23.8 Å². The van der Waals surface area contributed by atoms with Gasteiger partial charge in [-0.05, 0) is 60.7 Å². The molecule has 0 unspecified atom stereocenters. The predicted octanol–water partition coefficient (Wildman–Crippen LogP) is 5.05. The van der Waals surface area contributed by atoms with E-state index in [2.05, 4.69) is 15.4 Å². The molecular weight excluding hydrogens is 337 g/mol. The number of anilines is 2. The van der Waals surface area contributed by atoms with E-state index in [4.69, 9.17) is 23.8 Å². The van der Waals surface area contributed by atoms with E-state index in [9.17, 15) is 13.2 Å². The van der Waals surface area contributed by atoms with Crippen molar-refractivity contribution in [1.29, 1.82) is 0 Å². The molecular formula is C14H10ClF3N2OS. The molecule has 0 spiro atoms. The minimum atomic E-state index is -4.71. The van der Waals surface area contributed by atoms with Crippen molar-refractivity contribution in [3.05, 3.63) is 53.6 Å². The maximum Gasteiger partial charge on any atom is 0.573 e. The van der Waals surface area contributed by atoms with Gasteiger partial charge in [0.1, 0.15) is 5.75 Å². The first-order valence-electron chi connectivity index (χ1n) is 6.01. The third-order valence-electron chi connectivity index (χ3n) is 2.45. The summed E-state index contributed by atoms with van der Waals surface area (Å²) in [4.78, 5) is 0. The van der Waals surface area contributed by atoms with Crippen LogP contribution in [0.5, 0.6) is 5.75 Å². The Hall–Kier alpha value is -1.99. The van der Waals surface area contributed by atoms with Crippen LogP contribution < -0.4 is 15.4 Å². The molecule has 0 amide bonds. The number of halogens is 4. The van der Waals surface area contributed by atoms with Gasteiger partial charge in [-0.2, -0.15) is 0 Å². The minimum Gasteiger partial charge on any atom is -0.406 e. The molecule has 0 aliphatic carbocycles. The summed E-state index contributed by atoms with van der Waals surface area (Å²) in [6, 6.07) is 12.1. The lowest BCUT2D eigenvalue weighted by molar-refractivity contribution is -0.274. The van der Waals surface area contributed by atoms with Crippen LogP contribution in [-0.2, 0) is 0 Å². The van der Waals surface area contributed by atoms with Gasteiger partial charge in [-0.25, -0.2) is 0 Å². The summed E-state index contributed by atoms with van der Waals surface area (Å²) in [5, 5.41) is 6.67. The van der Waals surface area contributed by atoms with Crippen molar-refractivity contribution in [1.82, 2.24) is 0 Å². The zero-order valence-corrected chi connectivity index (χ0v) is 12.5. The lowest BCUT2D eigenvalue weighted by Crippen LogP contribution is -2.19. The van der Waals surface area contributed by atoms with E-state index in [0.717, 1.165) is 5.69 Å². The maximum absolute atomic E-state index is 12.0. The third kappa shape index (κ3) is 5.42. The second kappa shape index (κ2) is 6.85. The quantitative estimate of drug-likeness (QED) is 0.762. The van der Waals surface area contributed by atoms with Crippen LogP contribution in [0.2, 0.25) is 5.02 Å². The zero-order valence-electron chi connectivity index (χ0n) is 10.9. The van der Waals surface area contributed by atoms with Crippen LogP contribution in [0.15, 0.2) is 48.5 Å². The van der Waals surface area contributed by atoms with Crippen LogP contribution in [-0.4, -0.2) is 11.5 Å². The molecule has 0 saturated heterocycles. The topological polar surface area (TPSA) is 33.3 Å². The first kappa shape index (κ1) is 16.4. The Morgan fingerprint density at radius 2 is 1.36 bits per heavy atom. The Bertz CT molecular complexity index is 645. The van der Waals surface area contributed by atoms with E-state index in [-0.39, 0.29) is 5.75 Å². The second-order valence-electron chi connectivity index (χ2n) is 4.16. The lowest BCUT2D eigenvalue weighted by Gasteiger charge is -2.12. The largest absolute Gasteiger partial charge is 0.573 e. The fraction of sp³-hybridized carbons (Fsp3) is 0.0714. The lowest BCUT2D eigenvalue weighted by atomic mass is 10.3. The van der Waals surface area contributed by atoms with E-state index in [1.54, 1.807) is 24.3 Å². The minimum absolute atomic E-state index is 0.297. The molecule has 116 valence electrons. The van der Waals surface area contributed by atoms with Gasteiger partial charge in [-0.3, -0.25) is 0 Å². The fourth-order valence-electron chi connectivity index (χ4n) is 1.57. The predicted molar refractivity (Wildman–Crippen MR) is 84.4 cm³/mol. The van der Waals surface area contributed by atoms with Gasteiger partial charge in [0, 0.05) is 16.4 Å². The molecule has 0 atom stereocenters. The summed E-state index contributed by atoms with van der Waals surface area (Å²) in [6.45, 7) is 0. The molecule has 0 fully saturated rings. The average molecular weight is 347 g/mol. The SMILES string of the molecule is FC(F)(F)Oc1ccc(NC(=S)Nc2ccc(Cl)cc2)cc1. The van der Waals surface area contributed by atoms with E-state index in [1.165, 1.54) is 24.3 Å². The number of thiocarbonyl (C=S) groups is 1. The molecule has 0 aliphatic rings.